The summed E-state index contributed by atoms with van der Waals surface area (Å²) >= 11 is 0. The van der Waals surface area contributed by atoms with Gasteiger partial charge in [0.2, 0.25) is 0 Å². The number of para-hydroxylation sites is 1. The lowest BCUT2D eigenvalue weighted by atomic mass is 10.0. The summed E-state index contributed by atoms with van der Waals surface area (Å²) in [5, 5.41) is 9.44. The number of aliphatic hydroxyl groups is 1. The van der Waals surface area contributed by atoms with Crippen molar-refractivity contribution in [3.8, 4) is 5.75 Å². The summed E-state index contributed by atoms with van der Waals surface area (Å²) in [6, 6.07) is 8.22. The minimum absolute atomic E-state index is 0.0234. The van der Waals surface area contributed by atoms with Crippen LogP contribution in [0, 0.1) is 0 Å². The van der Waals surface area contributed by atoms with Crippen LogP contribution >= 0.6 is 0 Å². The van der Waals surface area contributed by atoms with Crippen LogP contribution in [0.3, 0.4) is 0 Å². The molecule has 0 aliphatic rings. The first-order valence-corrected chi connectivity index (χ1v) is 6.71. The quantitative estimate of drug-likeness (QED) is 0.780. The Kier molecular flexibility index (Phi) is 6.28. The first-order chi connectivity index (χ1) is 9.01. The molecular weight excluding hydrogens is 240 g/mol. The van der Waals surface area contributed by atoms with Crippen molar-refractivity contribution in [2.24, 2.45) is 5.73 Å². The number of benzene rings is 1. The number of likely N-dealkylation sites (N-methyl/N-ethyl adjacent to an activating group) is 1. The van der Waals surface area contributed by atoms with Crippen LogP contribution in [-0.4, -0.2) is 48.9 Å². The Morgan fingerprint density at radius 3 is 2.47 bits per heavy atom. The summed E-state index contributed by atoms with van der Waals surface area (Å²) < 4.78 is 5.37. The highest BCUT2D eigenvalue weighted by atomic mass is 16.5. The summed E-state index contributed by atoms with van der Waals surface area (Å²) in [5.41, 5.74) is 7.08. The maximum absolute atomic E-state index is 9.44. The van der Waals surface area contributed by atoms with Gasteiger partial charge in [-0.15, -0.1) is 0 Å². The zero-order valence-electron chi connectivity index (χ0n) is 12.3. The molecule has 19 heavy (non-hydrogen) atoms. The third-order valence-corrected chi connectivity index (χ3v) is 3.72. The Balaban J connectivity index is 2.75. The second-order valence-corrected chi connectivity index (χ2v) is 5.14. The molecule has 0 radical (unpaired) electrons. The molecule has 0 saturated heterocycles. The van der Waals surface area contributed by atoms with Crippen LogP contribution < -0.4 is 10.5 Å². The fourth-order valence-electron chi connectivity index (χ4n) is 2.33. The van der Waals surface area contributed by atoms with Gasteiger partial charge in [-0.05, 0) is 38.9 Å². The highest BCUT2D eigenvalue weighted by Gasteiger charge is 2.23. The first-order valence-electron chi connectivity index (χ1n) is 6.71. The molecular formula is C15H26N2O2. The Morgan fingerprint density at radius 1 is 1.32 bits per heavy atom. The second-order valence-electron chi connectivity index (χ2n) is 5.14. The lowest BCUT2D eigenvalue weighted by molar-refractivity contribution is 0.100. The average Bonchev–Trinajstić information content (AvgIpc) is 2.39. The molecule has 108 valence electrons. The Morgan fingerprint density at radius 2 is 1.95 bits per heavy atom. The predicted molar refractivity (Wildman–Crippen MR) is 78.4 cm³/mol. The van der Waals surface area contributed by atoms with Gasteiger partial charge in [0.15, 0.2) is 0 Å². The van der Waals surface area contributed by atoms with E-state index in [0.29, 0.717) is 0 Å². The minimum atomic E-state index is -0.0601. The van der Waals surface area contributed by atoms with E-state index in [2.05, 4.69) is 17.9 Å². The van der Waals surface area contributed by atoms with Gasteiger partial charge < -0.3 is 15.6 Å². The number of nitrogens with two attached hydrogens (primary N) is 1. The molecule has 0 fully saturated rings. The van der Waals surface area contributed by atoms with Crippen molar-refractivity contribution in [2.45, 2.75) is 38.4 Å². The smallest absolute Gasteiger partial charge is 0.122 e. The van der Waals surface area contributed by atoms with Crippen LogP contribution in [-0.2, 0) is 6.42 Å². The van der Waals surface area contributed by atoms with E-state index in [1.165, 1.54) is 5.56 Å². The number of aliphatic hydroxyl groups excluding tert-OH is 1. The molecule has 4 nitrogen and oxygen atoms in total. The van der Waals surface area contributed by atoms with Crippen molar-refractivity contribution < 1.29 is 9.84 Å². The van der Waals surface area contributed by atoms with Crippen LogP contribution in [0.1, 0.15) is 19.4 Å². The molecule has 0 aliphatic heterocycles. The number of hydrogen-bond donors (Lipinski definition) is 2. The van der Waals surface area contributed by atoms with Crippen LogP contribution in [0.5, 0.6) is 5.75 Å². The van der Waals surface area contributed by atoms with Crippen molar-refractivity contribution in [1.29, 1.82) is 0 Å². The molecule has 0 saturated carbocycles. The van der Waals surface area contributed by atoms with E-state index >= 15 is 0 Å². The molecule has 3 unspecified atom stereocenters. The molecule has 4 heteroatoms. The van der Waals surface area contributed by atoms with E-state index < -0.39 is 0 Å². The third-order valence-electron chi connectivity index (χ3n) is 3.72. The average molecular weight is 266 g/mol. The monoisotopic (exact) mass is 266 g/mol. The van der Waals surface area contributed by atoms with Gasteiger partial charge in [0.05, 0.1) is 13.7 Å². The SMILES string of the molecule is COc1ccccc1CC(C)N(C)C(CO)C(C)N. The summed E-state index contributed by atoms with van der Waals surface area (Å²) in [5.74, 6) is 0.907. The molecule has 0 amide bonds. The minimum Gasteiger partial charge on any atom is -0.496 e. The molecule has 3 N–H and O–H groups in total. The van der Waals surface area contributed by atoms with Gasteiger partial charge in [0.1, 0.15) is 5.75 Å². The summed E-state index contributed by atoms with van der Waals surface area (Å²) in [7, 11) is 3.69. The lowest BCUT2D eigenvalue weighted by Gasteiger charge is -2.34. The predicted octanol–water partition coefficient (Wildman–Crippen LogP) is 1.27. The number of methoxy groups -OCH3 is 1. The molecule has 0 bridgehead atoms. The molecule has 1 aromatic rings. The van der Waals surface area contributed by atoms with E-state index in [1.54, 1.807) is 7.11 Å². The topological polar surface area (TPSA) is 58.7 Å². The molecule has 3 atom stereocenters. The highest BCUT2D eigenvalue weighted by molar-refractivity contribution is 5.33. The Bertz CT molecular complexity index is 382. The van der Waals surface area contributed by atoms with Crippen LogP contribution in [0.4, 0.5) is 0 Å². The van der Waals surface area contributed by atoms with Gasteiger partial charge in [-0.1, -0.05) is 18.2 Å². The van der Waals surface area contributed by atoms with E-state index in [4.69, 9.17) is 10.5 Å². The van der Waals surface area contributed by atoms with E-state index in [0.717, 1.165) is 12.2 Å². The van der Waals surface area contributed by atoms with Crippen LogP contribution in [0.15, 0.2) is 24.3 Å². The summed E-state index contributed by atoms with van der Waals surface area (Å²) in [6.45, 7) is 4.13. The summed E-state index contributed by atoms with van der Waals surface area (Å²) in [4.78, 5) is 2.14. The maximum Gasteiger partial charge on any atom is 0.122 e. The molecule has 1 rings (SSSR count). The first kappa shape index (κ1) is 16.0. The van der Waals surface area contributed by atoms with Gasteiger partial charge in [-0.2, -0.15) is 0 Å². The number of nitrogens with zero attached hydrogens (tertiary/aromatic N) is 1. The molecule has 1 aromatic carbocycles. The van der Waals surface area contributed by atoms with Crippen LogP contribution in [0.25, 0.3) is 0 Å². The van der Waals surface area contributed by atoms with Crippen LogP contribution in [0.2, 0.25) is 0 Å². The summed E-state index contributed by atoms with van der Waals surface area (Å²) in [6.07, 6.45) is 0.865. The van der Waals surface area contributed by atoms with Gasteiger partial charge in [0.25, 0.3) is 0 Å². The lowest BCUT2D eigenvalue weighted by Crippen LogP contribution is -2.50. The molecule has 0 aromatic heterocycles. The fraction of sp³-hybridized carbons (Fsp3) is 0.600. The largest absolute Gasteiger partial charge is 0.496 e. The molecule has 0 spiro atoms. The number of ether oxygens (including phenoxy) is 1. The van der Waals surface area contributed by atoms with Gasteiger partial charge >= 0.3 is 0 Å². The standard InChI is InChI=1S/C15H26N2O2/c1-11(17(3)14(10-18)12(2)16)9-13-7-5-6-8-15(13)19-4/h5-8,11-12,14,18H,9-10,16H2,1-4H3. The third kappa shape index (κ3) is 4.20. The maximum atomic E-state index is 9.44. The van der Waals surface area contributed by atoms with Crippen molar-refractivity contribution in [3.05, 3.63) is 29.8 Å². The normalized spacial score (nSPS) is 16.2. The highest BCUT2D eigenvalue weighted by Crippen LogP contribution is 2.21. The van der Waals surface area contributed by atoms with Gasteiger partial charge in [0, 0.05) is 18.1 Å². The van der Waals surface area contributed by atoms with E-state index in [9.17, 15) is 5.11 Å². The number of rotatable bonds is 7. The van der Waals surface area contributed by atoms with Crippen molar-refractivity contribution >= 4 is 0 Å². The van der Waals surface area contributed by atoms with Gasteiger partial charge in [-0.3, -0.25) is 4.90 Å². The second kappa shape index (κ2) is 7.48. The van der Waals surface area contributed by atoms with Crippen molar-refractivity contribution in [1.82, 2.24) is 4.90 Å². The van der Waals surface area contributed by atoms with E-state index in [1.807, 2.05) is 32.2 Å². The Labute approximate surface area is 116 Å². The Hall–Kier alpha value is -1.10. The van der Waals surface area contributed by atoms with Crippen molar-refractivity contribution in [3.63, 3.8) is 0 Å². The zero-order valence-corrected chi connectivity index (χ0v) is 12.3. The molecule has 0 aliphatic carbocycles. The van der Waals surface area contributed by atoms with E-state index in [-0.39, 0.29) is 24.7 Å². The van der Waals surface area contributed by atoms with Crippen molar-refractivity contribution in [2.75, 3.05) is 20.8 Å². The number of hydrogen-bond acceptors (Lipinski definition) is 4. The van der Waals surface area contributed by atoms with Gasteiger partial charge in [-0.25, -0.2) is 0 Å². The zero-order chi connectivity index (χ0) is 14.4. The molecule has 0 heterocycles. The fourth-order valence-corrected chi connectivity index (χ4v) is 2.33.